The van der Waals surface area contributed by atoms with Gasteiger partial charge in [-0.3, -0.25) is 9.59 Å². The van der Waals surface area contributed by atoms with Crippen LogP contribution in [0.15, 0.2) is 46.6 Å². The summed E-state index contributed by atoms with van der Waals surface area (Å²) in [5.74, 6) is -1.53. The van der Waals surface area contributed by atoms with Crippen molar-refractivity contribution in [3.63, 3.8) is 0 Å². The highest BCUT2D eigenvalue weighted by atomic mass is 16.5. The minimum Gasteiger partial charge on any atom is -0.465 e. The molecular weight excluding hydrogens is 414 g/mol. The second-order valence-electron chi connectivity index (χ2n) is 8.16. The third-order valence-corrected chi connectivity index (χ3v) is 6.41. The Hall–Kier alpha value is -3.59. The fourth-order valence-corrected chi connectivity index (χ4v) is 4.97. The summed E-state index contributed by atoms with van der Waals surface area (Å²) in [5, 5.41) is 2.80. The number of carbonyl (C=O) groups is 2. The van der Waals surface area contributed by atoms with Crippen molar-refractivity contribution in [2.75, 3.05) is 19.0 Å². The van der Waals surface area contributed by atoms with Crippen molar-refractivity contribution in [1.29, 1.82) is 0 Å². The molecule has 0 bridgehead atoms. The van der Waals surface area contributed by atoms with Gasteiger partial charge in [0.2, 0.25) is 11.8 Å². The molecule has 0 saturated carbocycles. The van der Waals surface area contributed by atoms with Gasteiger partial charge in [-0.2, -0.15) is 0 Å². The van der Waals surface area contributed by atoms with Gasteiger partial charge >= 0.3 is 5.97 Å². The van der Waals surface area contributed by atoms with E-state index >= 15 is 0 Å². The molecule has 1 aromatic carbocycles. The second kappa shape index (κ2) is 7.23. The lowest BCUT2D eigenvalue weighted by Gasteiger charge is -2.35. The Balaban J connectivity index is 1.84. The van der Waals surface area contributed by atoms with Gasteiger partial charge in [0.1, 0.15) is 16.7 Å². The molecule has 0 radical (unpaired) electrons. The van der Waals surface area contributed by atoms with E-state index in [1.165, 1.54) is 7.11 Å². The smallest absolute Gasteiger partial charge is 0.340 e. The molecule has 9 heteroatoms. The van der Waals surface area contributed by atoms with Crippen LogP contribution < -0.4 is 21.3 Å². The molecule has 3 aliphatic rings. The van der Waals surface area contributed by atoms with Crippen molar-refractivity contribution in [2.45, 2.75) is 37.8 Å². The molecule has 1 amide bonds. The van der Waals surface area contributed by atoms with Crippen molar-refractivity contribution in [3.8, 4) is 5.75 Å². The number of nitrogens with two attached hydrogens (primary N) is 1. The van der Waals surface area contributed by atoms with Crippen molar-refractivity contribution < 1.29 is 23.8 Å². The number of ether oxygens (including phenoxy) is 3. The Bertz CT molecular complexity index is 1240. The van der Waals surface area contributed by atoms with Crippen LogP contribution in [-0.2, 0) is 31.0 Å². The van der Waals surface area contributed by atoms with E-state index in [4.69, 9.17) is 19.9 Å². The Kier molecular flexibility index (Phi) is 4.59. The first-order chi connectivity index (χ1) is 15.4. The number of nitrogens with zero attached hydrogens (tertiary/aromatic N) is 1. The minimum atomic E-state index is -1.79. The van der Waals surface area contributed by atoms with Gasteiger partial charge in [0, 0.05) is 29.6 Å². The normalized spacial score (nSPS) is 23.6. The van der Waals surface area contributed by atoms with Crippen molar-refractivity contribution in [3.05, 3.63) is 69.0 Å². The summed E-state index contributed by atoms with van der Waals surface area (Å²) < 4.78 is 18.0. The van der Waals surface area contributed by atoms with Crippen LogP contribution in [0.4, 0.5) is 5.69 Å². The number of benzene rings is 1. The highest BCUT2D eigenvalue weighted by Gasteiger charge is 2.60. The van der Waals surface area contributed by atoms with Crippen molar-refractivity contribution >= 4 is 17.6 Å². The number of amides is 1. The number of aryl methyl sites for hydroxylation is 1. The van der Waals surface area contributed by atoms with E-state index in [1.54, 1.807) is 41.8 Å². The first-order valence-corrected chi connectivity index (χ1v) is 10.4. The number of pyridine rings is 1. The summed E-state index contributed by atoms with van der Waals surface area (Å²) in [6.07, 6.45) is 1.67. The highest BCUT2D eigenvalue weighted by Crippen LogP contribution is 2.52. The fourth-order valence-electron chi connectivity index (χ4n) is 4.97. The van der Waals surface area contributed by atoms with Crippen LogP contribution in [0, 0.1) is 6.92 Å². The lowest BCUT2D eigenvalue weighted by atomic mass is 9.68. The van der Waals surface area contributed by atoms with Crippen molar-refractivity contribution in [2.24, 2.45) is 5.73 Å². The zero-order valence-corrected chi connectivity index (χ0v) is 17.8. The van der Waals surface area contributed by atoms with Crippen LogP contribution in [0.5, 0.6) is 5.75 Å². The topological polar surface area (TPSA) is 122 Å². The number of carbonyl (C=O) groups excluding carboxylic acids is 2. The van der Waals surface area contributed by atoms with Gasteiger partial charge in [0.15, 0.2) is 0 Å². The lowest BCUT2D eigenvalue weighted by molar-refractivity contribution is -0.138. The number of nitrogens with one attached hydrogen (secondary N) is 1. The van der Waals surface area contributed by atoms with E-state index in [9.17, 15) is 14.4 Å². The van der Waals surface area contributed by atoms with Gasteiger partial charge in [0.25, 0.3) is 5.56 Å². The van der Waals surface area contributed by atoms with E-state index < -0.39 is 22.9 Å². The Labute approximate surface area is 183 Å². The number of esters is 1. The maximum Gasteiger partial charge on any atom is 0.340 e. The van der Waals surface area contributed by atoms with Crippen LogP contribution in [0.3, 0.4) is 0 Å². The van der Waals surface area contributed by atoms with Crippen LogP contribution in [0.2, 0.25) is 0 Å². The predicted octanol–water partition coefficient (Wildman–Crippen LogP) is 1.31. The minimum absolute atomic E-state index is 0.0400. The third-order valence-electron chi connectivity index (χ3n) is 6.41. The van der Waals surface area contributed by atoms with Gasteiger partial charge in [0.05, 0.1) is 25.3 Å². The summed E-state index contributed by atoms with van der Waals surface area (Å²) in [7, 11) is 1.19. The number of rotatable bonds is 3. The van der Waals surface area contributed by atoms with Gasteiger partial charge in [-0.05, 0) is 25.8 Å². The summed E-state index contributed by atoms with van der Waals surface area (Å²) >= 11 is 0. The quantitative estimate of drug-likeness (QED) is 0.694. The average Bonchev–Trinajstić information content (AvgIpc) is 3.37. The highest BCUT2D eigenvalue weighted by molar-refractivity contribution is 6.17. The molecule has 3 N–H and O–H groups in total. The molecule has 32 heavy (non-hydrogen) atoms. The molecular formula is C23H23N3O6. The van der Waals surface area contributed by atoms with E-state index in [2.05, 4.69) is 5.32 Å². The molecule has 4 heterocycles. The number of hydrogen-bond donors (Lipinski definition) is 2. The molecule has 3 aliphatic heterocycles. The molecule has 9 nitrogen and oxygen atoms in total. The molecule has 1 saturated heterocycles. The summed E-state index contributed by atoms with van der Waals surface area (Å²) in [6, 6.07) is 8.57. The van der Waals surface area contributed by atoms with Gasteiger partial charge in [-0.15, -0.1) is 0 Å². The molecule has 2 aromatic rings. The third kappa shape index (κ3) is 2.64. The first-order valence-electron chi connectivity index (χ1n) is 10.4. The SMILES string of the molecule is COC(=O)C1=C(N)Oc2cc(C)n(CC3CCCO3)c(=O)c2C12C(=O)Nc1ccccc12. The van der Waals surface area contributed by atoms with Crippen molar-refractivity contribution in [1.82, 2.24) is 4.57 Å². The monoisotopic (exact) mass is 437 g/mol. The zero-order valence-electron chi connectivity index (χ0n) is 17.8. The Morgan fingerprint density at radius 2 is 2.12 bits per heavy atom. The van der Waals surface area contributed by atoms with E-state index in [1.807, 2.05) is 0 Å². The standard InChI is InChI=1S/C23H23N3O6/c1-12-10-16-17(20(27)26(12)11-13-6-5-9-31-13)23(18(19(24)32-16)21(28)30-2)14-7-3-4-8-15(14)25-22(23)29/h3-4,7-8,10,13H,5-6,9,11,24H2,1-2H3,(H,25,29). The van der Waals surface area contributed by atoms with Crippen LogP contribution in [0.1, 0.15) is 29.7 Å². The number of para-hydroxylation sites is 1. The average molecular weight is 437 g/mol. The van der Waals surface area contributed by atoms with Gasteiger partial charge in [-0.1, -0.05) is 18.2 Å². The first kappa shape index (κ1) is 20.3. The maximum absolute atomic E-state index is 13.9. The van der Waals surface area contributed by atoms with E-state index in [0.717, 1.165) is 12.8 Å². The van der Waals surface area contributed by atoms with Crippen LogP contribution in [-0.4, -0.2) is 36.3 Å². The summed E-state index contributed by atoms with van der Waals surface area (Å²) in [6.45, 7) is 2.77. The molecule has 2 unspecified atom stereocenters. The van der Waals surface area contributed by atoms with Crippen LogP contribution in [0.25, 0.3) is 0 Å². The number of fused-ring (bicyclic) bond motifs is 4. The molecule has 1 spiro atoms. The lowest BCUT2D eigenvalue weighted by Crippen LogP contribution is -2.50. The number of aromatic nitrogens is 1. The van der Waals surface area contributed by atoms with E-state index in [-0.39, 0.29) is 28.9 Å². The summed E-state index contributed by atoms with van der Waals surface area (Å²) in [5.41, 5.74) is 5.35. The van der Waals surface area contributed by atoms with Gasteiger partial charge in [-0.25, -0.2) is 4.79 Å². The number of anilines is 1. The number of hydrogen-bond acceptors (Lipinski definition) is 7. The molecule has 5 rings (SSSR count). The maximum atomic E-state index is 13.9. The van der Waals surface area contributed by atoms with E-state index in [0.29, 0.717) is 30.1 Å². The zero-order chi connectivity index (χ0) is 22.6. The fraction of sp³-hybridized carbons (Fsp3) is 0.348. The Morgan fingerprint density at radius 1 is 1.34 bits per heavy atom. The molecule has 2 atom stereocenters. The molecule has 166 valence electrons. The van der Waals surface area contributed by atoms with Crippen LogP contribution >= 0.6 is 0 Å². The summed E-state index contributed by atoms with van der Waals surface area (Å²) in [4.78, 5) is 40.4. The molecule has 1 aromatic heterocycles. The molecule has 1 fully saturated rings. The van der Waals surface area contributed by atoms with Gasteiger partial charge < -0.3 is 29.8 Å². The largest absolute Gasteiger partial charge is 0.465 e. The molecule has 0 aliphatic carbocycles. The number of methoxy groups -OCH3 is 1. The second-order valence-corrected chi connectivity index (χ2v) is 8.16. The predicted molar refractivity (Wildman–Crippen MR) is 114 cm³/mol. The Morgan fingerprint density at radius 3 is 2.84 bits per heavy atom.